The molecule has 0 saturated heterocycles. The molecule has 1 rings (SSSR count). The van der Waals surface area contributed by atoms with E-state index in [9.17, 15) is 9.59 Å². The van der Waals surface area contributed by atoms with Crippen LogP contribution in [0.15, 0.2) is 24.4 Å². The lowest BCUT2D eigenvalue weighted by atomic mass is 10.1. The molecule has 0 atom stereocenters. The molecular formula is C10H11NO3. The van der Waals surface area contributed by atoms with Gasteiger partial charge < -0.3 is 4.74 Å². The second kappa shape index (κ2) is 5.24. The molecule has 0 aromatic carbocycles. The second-order valence-electron chi connectivity index (χ2n) is 2.79. The van der Waals surface area contributed by atoms with Gasteiger partial charge in [0.25, 0.3) is 0 Å². The van der Waals surface area contributed by atoms with Gasteiger partial charge in [-0.3, -0.25) is 14.6 Å². The maximum absolute atomic E-state index is 11.4. The van der Waals surface area contributed by atoms with Gasteiger partial charge in [-0.1, -0.05) is 6.07 Å². The number of ether oxygens (including phenoxy) is 1. The topological polar surface area (TPSA) is 56.3 Å². The van der Waals surface area contributed by atoms with Gasteiger partial charge in [-0.25, -0.2) is 0 Å². The number of pyridine rings is 1. The van der Waals surface area contributed by atoms with Crippen molar-refractivity contribution in [3.8, 4) is 0 Å². The third-order valence-electron chi connectivity index (χ3n) is 1.61. The zero-order chi connectivity index (χ0) is 10.4. The lowest BCUT2D eigenvalue weighted by Crippen LogP contribution is -2.13. The Hall–Kier alpha value is -1.55. The summed E-state index contributed by atoms with van der Waals surface area (Å²) in [5.41, 5.74) is 0.317. The van der Waals surface area contributed by atoms with Crippen molar-refractivity contribution >= 4 is 11.6 Å². The highest BCUT2D eigenvalue weighted by atomic mass is 16.5. The van der Waals surface area contributed by atoms with Crippen molar-refractivity contribution in [2.45, 2.75) is 6.42 Å². The first-order chi connectivity index (χ1) is 6.74. The van der Waals surface area contributed by atoms with Gasteiger partial charge in [0.2, 0.25) is 0 Å². The molecule has 0 aliphatic heterocycles. The number of hydrogen-bond acceptors (Lipinski definition) is 4. The number of methoxy groups -OCH3 is 1. The van der Waals surface area contributed by atoms with E-state index in [2.05, 4.69) is 9.72 Å². The first-order valence-electron chi connectivity index (χ1n) is 4.19. The summed E-state index contributed by atoms with van der Waals surface area (Å²) in [6.07, 6.45) is 1.37. The maximum Gasteiger partial charge on any atom is 0.188 e. The molecule has 0 radical (unpaired) electrons. The number of Topliss-reactive ketones (excluding diaryl/α,β-unsaturated/α-hetero) is 2. The summed E-state index contributed by atoms with van der Waals surface area (Å²) >= 11 is 0. The van der Waals surface area contributed by atoms with E-state index in [0.717, 1.165) is 0 Å². The first kappa shape index (κ1) is 10.5. The maximum atomic E-state index is 11.4. The van der Waals surface area contributed by atoms with E-state index in [4.69, 9.17) is 0 Å². The highest BCUT2D eigenvalue weighted by molar-refractivity contribution is 6.07. The van der Waals surface area contributed by atoms with Crippen molar-refractivity contribution in [1.82, 2.24) is 4.98 Å². The van der Waals surface area contributed by atoms with Crippen LogP contribution in [0.5, 0.6) is 0 Å². The molecular weight excluding hydrogens is 182 g/mol. The lowest BCUT2D eigenvalue weighted by molar-refractivity contribution is -0.121. The van der Waals surface area contributed by atoms with Gasteiger partial charge in [-0.2, -0.15) is 0 Å². The monoisotopic (exact) mass is 193 g/mol. The number of rotatable bonds is 5. The Morgan fingerprint density at radius 1 is 1.43 bits per heavy atom. The Balaban J connectivity index is 2.55. The van der Waals surface area contributed by atoms with Crippen LogP contribution in [0.1, 0.15) is 16.9 Å². The molecule has 0 spiro atoms. The molecule has 4 heteroatoms. The molecule has 0 unspecified atom stereocenters. The van der Waals surface area contributed by atoms with Crippen LogP contribution in [0, 0.1) is 0 Å². The predicted octanol–water partition coefficient (Wildman–Crippen LogP) is 0.870. The van der Waals surface area contributed by atoms with Crippen molar-refractivity contribution in [3.05, 3.63) is 30.1 Å². The highest BCUT2D eigenvalue weighted by Crippen LogP contribution is 1.99. The van der Waals surface area contributed by atoms with Crippen LogP contribution < -0.4 is 0 Å². The second-order valence-corrected chi connectivity index (χ2v) is 2.79. The van der Waals surface area contributed by atoms with E-state index in [-0.39, 0.29) is 24.6 Å². The molecule has 0 amide bonds. The summed E-state index contributed by atoms with van der Waals surface area (Å²) < 4.78 is 4.62. The summed E-state index contributed by atoms with van der Waals surface area (Å²) in [6, 6.07) is 5.01. The Morgan fingerprint density at radius 2 is 2.21 bits per heavy atom. The molecule has 4 nitrogen and oxygen atoms in total. The molecule has 0 N–H and O–H groups in total. The first-order valence-corrected chi connectivity index (χ1v) is 4.19. The standard InChI is InChI=1S/C10H11NO3/c1-14-7-8(12)6-10(13)9-4-2-3-5-11-9/h2-5H,6-7H2,1H3. The minimum Gasteiger partial charge on any atom is -0.377 e. The number of ketones is 2. The van der Waals surface area contributed by atoms with Crippen LogP contribution in [0.4, 0.5) is 0 Å². The quantitative estimate of drug-likeness (QED) is 0.514. The van der Waals surface area contributed by atoms with Gasteiger partial charge in [0.1, 0.15) is 12.3 Å². The molecule has 1 aromatic heterocycles. The van der Waals surface area contributed by atoms with Gasteiger partial charge in [0, 0.05) is 13.3 Å². The minimum atomic E-state index is -0.271. The predicted molar refractivity (Wildman–Crippen MR) is 50.1 cm³/mol. The summed E-state index contributed by atoms with van der Waals surface area (Å²) in [7, 11) is 1.42. The fourth-order valence-corrected chi connectivity index (χ4v) is 1.01. The number of carbonyl (C=O) groups excluding carboxylic acids is 2. The average Bonchev–Trinajstić information content (AvgIpc) is 2.19. The number of hydrogen-bond donors (Lipinski definition) is 0. The SMILES string of the molecule is COCC(=O)CC(=O)c1ccccn1. The van der Waals surface area contributed by atoms with E-state index in [0.29, 0.717) is 5.69 Å². The van der Waals surface area contributed by atoms with Gasteiger partial charge in [0.05, 0.1) is 6.42 Å². The van der Waals surface area contributed by atoms with Crippen molar-refractivity contribution in [2.75, 3.05) is 13.7 Å². The lowest BCUT2D eigenvalue weighted by Gasteiger charge is -1.98. The third-order valence-corrected chi connectivity index (χ3v) is 1.61. The summed E-state index contributed by atoms with van der Waals surface area (Å²) in [6.45, 7) is -0.0292. The van der Waals surface area contributed by atoms with Gasteiger partial charge >= 0.3 is 0 Å². The Bertz CT molecular complexity index is 321. The van der Waals surface area contributed by atoms with E-state index in [1.807, 2.05) is 0 Å². The van der Waals surface area contributed by atoms with Gasteiger partial charge in [-0.05, 0) is 12.1 Å². The van der Waals surface area contributed by atoms with E-state index in [1.54, 1.807) is 18.2 Å². The third kappa shape index (κ3) is 3.06. The van der Waals surface area contributed by atoms with Crippen molar-refractivity contribution < 1.29 is 14.3 Å². The van der Waals surface area contributed by atoms with Crippen LogP contribution in [0.25, 0.3) is 0 Å². The van der Waals surface area contributed by atoms with Crippen molar-refractivity contribution in [3.63, 3.8) is 0 Å². The van der Waals surface area contributed by atoms with Crippen molar-refractivity contribution in [1.29, 1.82) is 0 Å². The molecule has 74 valence electrons. The largest absolute Gasteiger partial charge is 0.377 e. The highest BCUT2D eigenvalue weighted by Gasteiger charge is 2.11. The normalized spacial score (nSPS) is 9.79. The van der Waals surface area contributed by atoms with Gasteiger partial charge in [0.15, 0.2) is 11.6 Å². The fourth-order valence-electron chi connectivity index (χ4n) is 1.01. The van der Waals surface area contributed by atoms with Crippen LogP contribution in [0.3, 0.4) is 0 Å². The minimum absolute atomic E-state index is 0.0292. The van der Waals surface area contributed by atoms with Crippen LogP contribution in [-0.4, -0.2) is 30.3 Å². The van der Waals surface area contributed by atoms with E-state index < -0.39 is 0 Å². The molecule has 0 aliphatic carbocycles. The van der Waals surface area contributed by atoms with Crippen LogP contribution in [0.2, 0.25) is 0 Å². The Labute approximate surface area is 81.9 Å². The average molecular weight is 193 g/mol. The smallest absolute Gasteiger partial charge is 0.188 e. The molecule has 14 heavy (non-hydrogen) atoms. The Kier molecular flexibility index (Phi) is 3.94. The number of aromatic nitrogens is 1. The molecule has 0 saturated carbocycles. The zero-order valence-electron chi connectivity index (χ0n) is 7.90. The van der Waals surface area contributed by atoms with Crippen LogP contribution in [-0.2, 0) is 9.53 Å². The molecule has 0 fully saturated rings. The molecule has 0 bridgehead atoms. The Morgan fingerprint density at radius 3 is 2.79 bits per heavy atom. The number of carbonyl (C=O) groups is 2. The van der Waals surface area contributed by atoms with Gasteiger partial charge in [-0.15, -0.1) is 0 Å². The van der Waals surface area contributed by atoms with E-state index in [1.165, 1.54) is 13.3 Å². The zero-order valence-corrected chi connectivity index (χ0v) is 7.90. The molecule has 1 heterocycles. The van der Waals surface area contributed by atoms with E-state index >= 15 is 0 Å². The van der Waals surface area contributed by atoms with Crippen LogP contribution >= 0.6 is 0 Å². The molecule has 0 aliphatic rings. The number of nitrogens with zero attached hydrogens (tertiary/aromatic N) is 1. The molecule has 1 aromatic rings. The fraction of sp³-hybridized carbons (Fsp3) is 0.300. The summed E-state index contributed by atoms with van der Waals surface area (Å²) in [4.78, 5) is 26.3. The van der Waals surface area contributed by atoms with Crippen molar-refractivity contribution in [2.24, 2.45) is 0 Å². The summed E-state index contributed by atoms with van der Waals surface area (Å²) in [5.74, 6) is -0.504. The summed E-state index contributed by atoms with van der Waals surface area (Å²) in [5, 5.41) is 0.